The monoisotopic (exact) mass is 438 g/mol. The lowest BCUT2D eigenvalue weighted by Crippen LogP contribution is -2.25. The van der Waals surface area contributed by atoms with Gasteiger partial charge in [0.05, 0.1) is 0 Å². The molecule has 0 unspecified atom stereocenters. The molecule has 0 amide bonds. The molecule has 32 heavy (non-hydrogen) atoms. The average molecular weight is 439 g/mol. The zero-order chi connectivity index (χ0) is 24.3. The summed E-state index contributed by atoms with van der Waals surface area (Å²) in [4.78, 5) is 0. The number of phenolic OH excluding ortho intramolecular Hbond substituents is 2. The number of rotatable bonds is 4. The van der Waals surface area contributed by atoms with Gasteiger partial charge >= 0.3 is 0 Å². The Hall–Kier alpha value is -2.16. The molecule has 2 aromatic rings. The number of fused-ring (bicyclic) bond motifs is 2. The van der Waals surface area contributed by atoms with Crippen LogP contribution in [0.2, 0.25) is 0 Å². The minimum Gasteiger partial charge on any atom is -0.508 e. The molecule has 0 atom stereocenters. The third-order valence-corrected chi connectivity index (χ3v) is 6.36. The summed E-state index contributed by atoms with van der Waals surface area (Å²) >= 11 is 0. The van der Waals surface area contributed by atoms with Crippen molar-refractivity contribution in [3.05, 3.63) is 46.5 Å². The Labute approximate surface area is 194 Å². The second kappa shape index (κ2) is 7.71. The summed E-state index contributed by atoms with van der Waals surface area (Å²) in [6.45, 7) is 22.1. The molecule has 0 aromatic heterocycles. The third-order valence-electron chi connectivity index (χ3n) is 6.36. The van der Waals surface area contributed by atoms with E-state index < -0.39 is 0 Å². The Bertz CT molecular complexity index is 933. The molecular weight excluding hydrogens is 396 g/mol. The van der Waals surface area contributed by atoms with Crippen molar-refractivity contribution in [2.45, 2.75) is 99.3 Å². The minimum absolute atomic E-state index is 0.143. The summed E-state index contributed by atoms with van der Waals surface area (Å²) < 4.78 is 6.40. The van der Waals surface area contributed by atoms with Crippen LogP contribution in [0.15, 0.2) is 24.3 Å². The highest BCUT2D eigenvalue weighted by molar-refractivity contribution is 5.59. The fourth-order valence-electron chi connectivity index (χ4n) is 5.94. The molecule has 1 aliphatic heterocycles. The van der Waals surface area contributed by atoms with Crippen molar-refractivity contribution >= 4 is 0 Å². The third kappa shape index (κ3) is 5.24. The van der Waals surface area contributed by atoms with Crippen molar-refractivity contribution in [1.82, 2.24) is 0 Å². The van der Waals surface area contributed by atoms with Crippen LogP contribution < -0.4 is 4.74 Å². The van der Waals surface area contributed by atoms with Crippen LogP contribution in [0.1, 0.15) is 104 Å². The van der Waals surface area contributed by atoms with Gasteiger partial charge in [-0.25, -0.2) is 0 Å². The second-order valence-corrected chi connectivity index (χ2v) is 13.5. The first-order chi connectivity index (χ1) is 14.4. The Kier molecular flexibility index (Phi) is 5.90. The van der Waals surface area contributed by atoms with Gasteiger partial charge in [-0.05, 0) is 58.8 Å². The Balaban J connectivity index is 2.01. The van der Waals surface area contributed by atoms with Crippen LogP contribution in [0.4, 0.5) is 0 Å². The van der Waals surface area contributed by atoms with E-state index in [1.807, 2.05) is 24.3 Å². The lowest BCUT2D eigenvalue weighted by Gasteiger charge is -2.35. The molecule has 0 fully saturated rings. The lowest BCUT2D eigenvalue weighted by atomic mass is 9.71. The van der Waals surface area contributed by atoms with Gasteiger partial charge in [0.15, 0.2) is 0 Å². The quantitative estimate of drug-likeness (QED) is 0.431. The summed E-state index contributed by atoms with van der Waals surface area (Å²) in [7, 11) is 0. The molecule has 2 N–H and O–H groups in total. The van der Waals surface area contributed by atoms with E-state index in [1.54, 1.807) is 0 Å². The number of benzene rings is 2. The Morgan fingerprint density at radius 2 is 0.969 bits per heavy atom. The molecule has 0 bridgehead atoms. The molecule has 2 aromatic carbocycles. The van der Waals surface area contributed by atoms with Crippen molar-refractivity contribution in [1.29, 1.82) is 0 Å². The molecule has 0 spiro atoms. The van der Waals surface area contributed by atoms with Crippen molar-refractivity contribution in [2.24, 2.45) is 10.8 Å². The summed E-state index contributed by atoms with van der Waals surface area (Å²) in [5, 5.41) is 21.7. The largest absolute Gasteiger partial charge is 0.508 e. The first-order valence-corrected chi connectivity index (χ1v) is 11.8. The number of aromatic hydroxyl groups is 2. The first kappa shape index (κ1) is 24.5. The zero-order valence-corrected chi connectivity index (χ0v) is 21.7. The molecule has 0 radical (unpaired) electrons. The van der Waals surface area contributed by atoms with Crippen LogP contribution in [0, 0.1) is 10.8 Å². The van der Waals surface area contributed by atoms with Gasteiger partial charge in [-0.1, -0.05) is 69.2 Å². The molecule has 3 nitrogen and oxygen atoms in total. The SMILES string of the molecule is CC(C)(C)CC(C)(C)c1cc2c(cc1O)Cc1cc(O)c(C(C)(C)CC(C)(C)C)cc1O2. The number of hydrogen-bond donors (Lipinski definition) is 2. The molecule has 3 rings (SSSR count). The van der Waals surface area contributed by atoms with E-state index in [0.29, 0.717) is 17.9 Å². The van der Waals surface area contributed by atoms with Gasteiger partial charge in [-0.2, -0.15) is 0 Å². The van der Waals surface area contributed by atoms with Crippen molar-refractivity contribution in [3.63, 3.8) is 0 Å². The van der Waals surface area contributed by atoms with Gasteiger partial charge in [0.25, 0.3) is 0 Å². The maximum Gasteiger partial charge on any atom is 0.131 e. The maximum absolute atomic E-state index is 10.9. The molecule has 0 saturated carbocycles. The van der Waals surface area contributed by atoms with Gasteiger partial charge in [0.2, 0.25) is 0 Å². The highest BCUT2D eigenvalue weighted by atomic mass is 16.5. The van der Waals surface area contributed by atoms with Gasteiger partial charge in [-0.15, -0.1) is 0 Å². The van der Waals surface area contributed by atoms with Gasteiger partial charge < -0.3 is 14.9 Å². The predicted molar refractivity (Wildman–Crippen MR) is 133 cm³/mol. The Morgan fingerprint density at radius 3 is 1.28 bits per heavy atom. The fraction of sp³-hybridized carbons (Fsp3) is 0.586. The maximum atomic E-state index is 10.9. The van der Waals surface area contributed by atoms with Crippen molar-refractivity contribution < 1.29 is 14.9 Å². The van der Waals surface area contributed by atoms with Crippen LogP contribution in [0.3, 0.4) is 0 Å². The van der Waals surface area contributed by atoms with E-state index in [1.165, 1.54) is 0 Å². The summed E-state index contributed by atoms with van der Waals surface area (Å²) in [6.07, 6.45) is 2.52. The van der Waals surface area contributed by atoms with Crippen molar-refractivity contribution in [2.75, 3.05) is 0 Å². The van der Waals surface area contributed by atoms with E-state index in [0.717, 1.165) is 46.6 Å². The molecule has 0 saturated heterocycles. The second-order valence-electron chi connectivity index (χ2n) is 13.5. The molecule has 3 heteroatoms. The van der Waals surface area contributed by atoms with Crippen molar-refractivity contribution in [3.8, 4) is 23.0 Å². The summed E-state index contributed by atoms with van der Waals surface area (Å²) in [5.41, 5.74) is 3.65. The van der Waals surface area contributed by atoms with Crippen LogP contribution in [-0.2, 0) is 17.3 Å². The fourth-order valence-corrected chi connectivity index (χ4v) is 5.94. The molecular formula is C29H42O3. The Morgan fingerprint density at radius 1 is 0.625 bits per heavy atom. The highest BCUT2D eigenvalue weighted by Crippen LogP contribution is 2.48. The van der Waals surface area contributed by atoms with E-state index >= 15 is 0 Å². The van der Waals surface area contributed by atoms with E-state index in [-0.39, 0.29) is 21.7 Å². The predicted octanol–water partition coefficient (Wildman–Crippen LogP) is 8.22. The normalized spacial score (nSPS) is 14.6. The topological polar surface area (TPSA) is 49.7 Å². The van der Waals surface area contributed by atoms with Crippen LogP contribution in [-0.4, -0.2) is 10.2 Å². The standard InChI is InChI=1S/C29H42O3/c1-26(2,3)16-28(7,8)20-14-24-18(12-22(20)30)11-19-13-23(31)21(15-25(19)32-24)29(9,10)17-27(4,5)6/h12-15,30-31H,11,16-17H2,1-10H3. The van der Waals surface area contributed by atoms with Gasteiger partial charge in [-0.3, -0.25) is 0 Å². The molecule has 1 aliphatic rings. The van der Waals surface area contributed by atoms with Crippen LogP contribution in [0.25, 0.3) is 0 Å². The summed E-state index contributed by atoms with van der Waals surface area (Å²) in [5.74, 6) is 2.24. The first-order valence-electron chi connectivity index (χ1n) is 11.8. The smallest absolute Gasteiger partial charge is 0.131 e. The minimum atomic E-state index is -0.185. The van der Waals surface area contributed by atoms with Crippen LogP contribution >= 0.6 is 0 Å². The highest BCUT2D eigenvalue weighted by Gasteiger charge is 2.34. The number of hydrogen-bond acceptors (Lipinski definition) is 3. The zero-order valence-electron chi connectivity index (χ0n) is 21.7. The molecule has 0 aliphatic carbocycles. The van der Waals surface area contributed by atoms with E-state index in [2.05, 4.69) is 69.2 Å². The lowest BCUT2D eigenvalue weighted by molar-refractivity contribution is 0.277. The molecule has 1 heterocycles. The summed E-state index contributed by atoms with van der Waals surface area (Å²) in [6, 6.07) is 7.72. The number of phenols is 2. The van der Waals surface area contributed by atoms with Gasteiger partial charge in [0, 0.05) is 28.7 Å². The van der Waals surface area contributed by atoms with E-state index in [9.17, 15) is 10.2 Å². The van der Waals surface area contributed by atoms with Crippen LogP contribution in [0.5, 0.6) is 23.0 Å². The molecule has 176 valence electrons. The van der Waals surface area contributed by atoms with Gasteiger partial charge in [0.1, 0.15) is 23.0 Å². The number of ether oxygens (including phenoxy) is 1. The average Bonchev–Trinajstić information content (AvgIpc) is 2.54. The van der Waals surface area contributed by atoms with E-state index in [4.69, 9.17) is 4.74 Å².